The van der Waals surface area contributed by atoms with Crippen LogP contribution in [-0.4, -0.2) is 45.2 Å². The number of nitrogens with zero attached hydrogens (tertiary/aromatic N) is 4. The Bertz CT molecular complexity index is 838. The summed E-state index contributed by atoms with van der Waals surface area (Å²) in [6.45, 7) is 14.8. The molecule has 6 nitrogen and oxygen atoms in total. The highest BCUT2D eigenvalue weighted by Gasteiger charge is 2.29. The summed E-state index contributed by atoms with van der Waals surface area (Å²) in [5, 5.41) is 5.63. The topological polar surface area (TPSA) is 77.0 Å². The number of hydrogen-bond donors (Lipinski definition) is 1. The van der Waals surface area contributed by atoms with Gasteiger partial charge in [-0.3, -0.25) is 4.79 Å². The lowest BCUT2D eigenvalue weighted by molar-refractivity contribution is 0.0695. The lowest BCUT2D eigenvalue weighted by atomic mass is 9.96. The van der Waals surface area contributed by atoms with Gasteiger partial charge in [0.05, 0.1) is 22.2 Å². The third-order valence-corrected chi connectivity index (χ3v) is 5.53. The summed E-state index contributed by atoms with van der Waals surface area (Å²) in [6.07, 6.45) is 1.96. The molecule has 2 N–H and O–H groups in total. The molecule has 0 atom stereocenters. The van der Waals surface area contributed by atoms with E-state index in [0.717, 1.165) is 53.9 Å². The van der Waals surface area contributed by atoms with Gasteiger partial charge in [0.2, 0.25) is 0 Å². The van der Waals surface area contributed by atoms with Crippen molar-refractivity contribution in [2.75, 3.05) is 19.6 Å². The highest BCUT2D eigenvalue weighted by Crippen LogP contribution is 2.30. The van der Waals surface area contributed by atoms with E-state index in [1.165, 1.54) is 0 Å². The monoisotopic (exact) mass is 371 g/mol. The van der Waals surface area contributed by atoms with Crippen LogP contribution in [0.25, 0.3) is 11.0 Å². The molecule has 3 rings (SSSR count). The molecule has 0 saturated carbocycles. The van der Waals surface area contributed by atoms with E-state index in [-0.39, 0.29) is 17.4 Å². The van der Waals surface area contributed by atoms with Crippen molar-refractivity contribution in [2.45, 2.75) is 65.8 Å². The summed E-state index contributed by atoms with van der Waals surface area (Å²) in [5.41, 5.74) is 8.96. The highest BCUT2D eigenvalue weighted by atomic mass is 16.2. The number of fused-ring (bicyclic) bond motifs is 1. The zero-order valence-electron chi connectivity index (χ0n) is 17.5. The molecule has 0 spiro atoms. The fourth-order valence-electron chi connectivity index (χ4n) is 3.78. The van der Waals surface area contributed by atoms with E-state index >= 15 is 0 Å². The van der Waals surface area contributed by atoms with Gasteiger partial charge < -0.3 is 10.6 Å². The van der Waals surface area contributed by atoms with Crippen molar-refractivity contribution in [3.05, 3.63) is 23.0 Å². The zero-order chi connectivity index (χ0) is 19.9. The quantitative estimate of drug-likeness (QED) is 0.897. The summed E-state index contributed by atoms with van der Waals surface area (Å²) >= 11 is 0. The number of amides is 1. The first-order chi connectivity index (χ1) is 12.6. The predicted molar refractivity (Wildman–Crippen MR) is 109 cm³/mol. The standard InChI is InChI=1S/C21H33N5O/c1-13(2)17-11-16(20(27)25-9-7-15(12-22)8-10-25)18-14(3)24-26(19(18)23-17)21(4,5)6/h11,13,15H,7-10,12,22H2,1-6H3. The van der Waals surface area contributed by atoms with Crippen molar-refractivity contribution < 1.29 is 4.79 Å². The molecule has 0 aliphatic carbocycles. The molecule has 1 saturated heterocycles. The van der Waals surface area contributed by atoms with Crippen LogP contribution in [-0.2, 0) is 5.54 Å². The van der Waals surface area contributed by atoms with E-state index < -0.39 is 0 Å². The lowest BCUT2D eigenvalue weighted by Gasteiger charge is -2.31. The molecule has 148 valence electrons. The maximum atomic E-state index is 13.4. The summed E-state index contributed by atoms with van der Waals surface area (Å²) in [6, 6.07) is 1.98. The molecule has 0 unspecified atom stereocenters. The Labute approximate surface area is 162 Å². The van der Waals surface area contributed by atoms with E-state index in [1.807, 2.05) is 22.6 Å². The van der Waals surface area contributed by atoms with Gasteiger partial charge in [-0.15, -0.1) is 0 Å². The Kier molecular flexibility index (Phi) is 5.30. The molecule has 0 aromatic carbocycles. The van der Waals surface area contributed by atoms with Crippen molar-refractivity contribution in [1.82, 2.24) is 19.7 Å². The smallest absolute Gasteiger partial charge is 0.254 e. The number of likely N-dealkylation sites (tertiary alicyclic amines) is 1. The van der Waals surface area contributed by atoms with Crippen molar-refractivity contribution in [3.63, 3.8) is 0 Å². The fourth-order valence-corrected chi connectivity index (χ4v) is 3.78. The minimum atomic E-state index is -0.200. The Hall–Kier alpha value is -1.95. The van der Waals surface area contributed by atoms with E-state index in [0.29, 0.717) is 12.5 Å². The van der Waals surface area contributed by atoms with Gasteiger partial charge in [-0.05, 0) is 65.0 Å². The number of nitrogens with two attached hydrogens (primary N) is 1. The zero-order valence-corrected chi connectivity index (χ0v) is 17.5. The minimum absolute atomic E-state index is 0.0938. The second-order valence-corrected chi connectivity index (χ2v) is 9.09. The molecule has 0 radical (unpaired) electrons. The maximum Gasteiger partial charge on any atom is 0.254 e. The van der Waals surface area contributed by atoms with E-state index in [9.17, 15) is 4.79 Å². The fraction of sp³-hybridized carbons (Fsp3) is 0.667. The second kappa shape index (κ2) is 7.23. The third-order valence-electron chi connectivity index (χ3n) is 5.53. The van der Waals surface area contributed by atoms with Crippen molar-refractivity contribution in [3.8, 4) is 0 Å². The highest BCUT2D eigenvalue weighted by molar-refractivity contribution is 6.06. The second-order valence-electron chi connectivity index (χ2n) is 9.09. The van der Waals surface area contributed by atoms with Crippen LogP contribution in [0.5, 0.6) is 0 Å². The molecule has 1 amide bonds. The Morgan fingerprint density at radius 1 is 1.30 bits per heavy atom. The molecule has 1 aliphatic heterocycles. The van der Waals surface area contributed by atoms with Crippen LogP contribution in [0.1, 0.15) is 75.1 Å². The molecular weight excluding hydrogens is 338 g/mol. The van der Waals surface area contributed by atoms with Gasteiger partial charge in [0, 0.05) is 18.8 Å². The van der Waals surface area contributed by atoms with Crippen LogP contribution < -0.4 is 5.73 Å². The van der Waals surface area contributed by atoms with Gasteiger partial charge in [-0.25, -0.2) is 9.67 Å². The summed E-state index contributed by atoms with van der Waals surface area (Å²) < 4.78 is 1.96. The largest absolute Gasteiger partial charge is 0.339 e. The molecule has 1 aliphatic rings. The average Bonchev–Trinajstić information content (AvgIpc) is 2.97. The van der Waals surface area contributed by atoms with Crippen LogP contribution >= 0.6 is 0 Å². The van der Waals surface area contributed by atoms with Crippen LogP contribution in [0.3, 0.4) is 0 Å². The van der Waals surface area contributed by atoms with Gasteiger partial charge in [-0.1, -0.05) is 13.8 Å². The lowest BCUT2D eigenvalue weighted by Crippen LogP contribution is -2.40. The molecule has 27 heavy (non-hydrogen) atoms. The maximum absolute atomic E-state index is 13.4. The van der Waals surface area contributed by atoms with E-state index in [2.05, 4.69) is 34.6 Å². The number of carbonyl (C=O) groups excluding carboxylic acids is 1. The van der Waals surface area contributed by atoms with Gasteiger partial charge in [-0.2, -0.15) is 5.10 Å². The van der Waals surface area contributed by atoms with Gasteiger partial charge in [0.25, 0.3) is 5.91 Å². The number of aromatic nitrogens is 3. The van der Waals surface area contributed by atoms with E-state index in [4.69, 9.17) is 15.8 Å². The molecule has 2 aromatic heterocycles. The molecule has 3 heterocycles. The summed E-state index contributed by atoms with van der Waals surface area (Å²) in [4.78, 5) is 20.3. The van der Waals surface area contributed by atoms with Crippen LogP contribution in [0.2, 0.25) is 0 Å². The van der Waals surface area contributed by atoms with E-state index in [1.54, 1.807) is 0 Å². The van der Waals surface area contributed by atoms with Gasteiger partial charge in [0.15, 0.2) is 5.65 Å². The first-order valence-corrected chi connectivity index (χ1v) is 10.0. The van der Waals surface area contributed by atoms with Crippen molar-refractivity contribution in [2.24, 2.45) is 11.7 Å². The SMILES string of the molecule is Cc1nn(C(C)(C)C)c2nc(C(C)C)cc(C(=O)N3CCC(CN)CC3)c12. The predicted octanol–water partition coefficient (Wildman–Crippen LogP) is 3.43. The summed E-state index contributed by atoms with van der Waals surface area (Å²) in [5.74, 6) is 0.868. The average molecular weight is 372 g/mol. The molecule has 1 fully saturated rings. The van der Waals surface area contributed by atoms with Crippen LogP contribution in [0.15, 0.2) is 6.07 Å². The Morgan fingerprint density at radius 3 is 2.44 bits per heavy atom. The number of pyridine rings is 1. The number of carbonyl (C=O) groups is 1. The first kappa shape index (κ1) is 19.8. The number of rotatable bonds is 3. The summed E-state index contributed by atoms with van der Waals surface area (Å²) in [7, 11) is 0. The van der Waals surface area contributed by atoms with Gasteiger partial charge >= 0.3 is 0 Å². The van der Waals surface area contributed by atoms with Crippen molar-refractivity contribution in [1.29, 1.82) is 0 Å². The first-order valence-electron chi connectivity index (χ1n) is 10.0. The van der Waals surface area contributed by atoms with Gasteiger partial charge in [0.1, 0.15) is 0 Å². The Balaban J connectivity index is 2.11. The number of hydrogen-bond acceptors (Lipinski definition) is 4. The number of piperidine rings is 1. The molecular formula is C21H33N5O. The van der Waals surface area contributed by atoms with Crippen LogP contribution in [0.4, 0.5) is 0 Å². The molecule has 2 aromatic rings. The Morgan fingerprint density at radius 2 is 1.93 bits per heavy atom. The van der Waals surface area contributed by atoms with Crippen LogP contribution in [0, 0.1) is 12.8 Å². The van der Waals surface area contributed by atoms with Crippen molar-refractivity contribution >= 4 is 16.9 Å². The number of aryl methyl sites for hydroxylation is 1. The minimum Gasteiger partial charge on any atom is -0.339 e. The molecule has 0 bridgehead atoms. The molecule has 6 heteroatoms. The normalized spacial score (nSPS) is 16.5. The third kappa shape index (κ3) is 3.72.